The highest BCUT2D eigenvalue weighted by molar-refractivity contribution is 7.15. The van der Waals surface area contributed by atoms with E-state index in [1.54, 1.807) is 11.3 Å². The van der Waals surface area contributed by atoms with Gasteiger partial charge in [-0.2, -0.15) is 0 Å². The summed E-state index contributed by atoms with van der Waals surface area (Å²) in [5, 5.41) is 8.59. The van der Waals surface area contributed by atoms with Crippen molar-refractivity contribution in [2.24, 2.45) is 0 Å². The summed E-state index contributed by atoms with van der Waals surface area (Å²) >= 11 is 1.79. The minimum atomic E-state index is 0.183. The average molecular weight is 330 g/mol. The van der Waals surface area contributed by atoms with Gasteiger partial charge in [0.05, 0.1) is 0 Å². The Bertz CT molecular complexity index is 630. The zero-order chi connectivity index (χ0) is 16.5. The molecule has 0 spiro atoms. The molecule has 0 bridgehead atoms. The van der Waals surface area contributed by atoms with Gasteiger partial charge in [-0.3, -0.25) is 0 Å². The molecule has 1 aromatic carbocycles. The highest BCUT2D eigenvalue weighted by atomic mass is 32.1. The lowest BCUT2D eigenvalue weighted by Gasteiger charge is -2.46. The Hall–Kier alpha value is -1.23. The van der Waals surface area contributed by atoms with E-state index in [2.05, 4.69) is 67.6 Å². The van der Waals surface area contributed by atoms with Crippen LogP contribution in [0.1, 0.15) is 45.4 Å². The summed E-state index contributed by atoms with van der Waals surface area (Å²) in [5.41, 5.74) is 1.57. The smallest absolute Gasteiger partial charge is 0.123 e. The van der Waals surface area contributed by atoms with Gasteiger partial charge in [0, 0.05) is 40.3 Å². The van der Waals surface area contributed by atoms with Crippen molar-refractivity contribution >= 4 is 11.3 Å². The molecular weight excluding hydrogens is 302 g/mol. The Morgan fingerprint density at radius 2 is 1.78 bits per heavy atom. The molecule has 1 fully saturated rings. The van der Waals surface area contributed by atoms with E-state index in [1.165, 1.54) is 10.4 Å². The molecular formula is C19H27N3S. The van der Waals surface area contributed by atoms with E-state index < -0.39 is 0 Å². The largest absolute Gasteiger partial charge is 0.309 e. The van der Waals surface area contributed by atoms with E-state index in [0.717, 1.165) is 24.4 Å². The van der Waals surface area contributed by atoms with Crippen LogP contribution in [0.5, 0.6) is 0 Å². The zero-order valence-corrected chi connectivity index (χ0v) is 15.3. The van der Waals surface area contributed by atoms with Crippen molar-refractivity contribution in [3.8, 4) is 10.6 Å². The molecule has 0 amide bonds. The fraction of sp³-hybridized carbons (Fsp3) is 0.526. The Balaban J connectivity index is 1.62. The van der Waals surface area contributed by atoms with E-state index in [9.17, 15) is 0 Å². The van der Waals surface area contributed by atoms with Gasteiger partial charge >= 0.3 is 0 Å². The van der Waals surface area contributed by atoms with Crippen LogP contribution in [0.3, 0.4) is 0 Å². The standard InChI is InChI=1S/C19H27N3S/c1-18(2)10-15(11-19(3,4)22-18)20-12-16-13-21-17(23-16)14-8-6-5-7-9-14/h5-9,13,15,20,22H,10-12H2,1-4H3. The predicted octanol–water partition coefficient (Wildman–Crippen LogP) is 4.21. The molecule has 2 N–H and O–H groups in total. The van der Waals surface area contributed by atoms with Crippen LogP contribution in [-0.4, -0.2) is 22.1 Å². The van der Waals surface area contributed by atoms with Crippen LogP contribution in [0.25, 0.3) is 10.6 Å². The summed E-state index contributed by atoms with van der Waals surface area (Å²) in [6.07, 6.45) is 4.32. The highest BCUT2D eigenvalue weighted by Gasteiger charge is 2.37. The topological polar surface area (TPSA) is 37.0 Å². The number of rotatable bonds is 4. The molecule has 0 radical (unpaired) electrons. The first kappa shape index (κ1) is 16.6. The van der Waals surface area contributed by atoms with E-state index in [4.69, 9.17) is 0 Å². The Labute approximate surface area is 143 Å². The lowest BCUT2D eigenvalue weighted by molar-refractivity contribution is 0.146. The summed E-state index contributed by atoms with van der Waals surface area (Å²) in [7, 11) is 0. The van der Waals surface area contributed by atoms with Gasteiger partial charge < -0.3 is 10.6 Å². The van der Waals surface area contributed by atoms with Gasteiger partial charge in [0.15, 0.2) is 0 Å². The minimum Gasteiger partial charge on any atom is -0.309 e. The molecule has 3 rings (SSSR count). The molecule has 0 atom stereocenters. The van der Waals surface area contributed by atoms with Crippen molar-refractivity contribution in [1.29, 1.82) is 0 Å². The Morgan fingerprint density at radius 3 is 2.43 bits per heavy atom. The van der Waals surface area contributed by atoms with E-state index in [0.29, 0.717) is 6.04 Å². The van der Waals surface area contributed by atoms with Gasteiger partial charge in [0.25, 0.3) is 0 Å². The van der Waals surface area contributed by atoms with E-state index in [-0.39, 0.29) is 11.1 Å². The fourth-order valence-corrected chi connectivity index (χ4v) is 4.68. The van der Waals surface area contributed by atoms with Crippen LogP contribution in [0.2, 0.25) is 0 Å². The molecule has 0 unspecified atom stereocenters. The maximum absolute atomic E-state index is 4.57. The molecule has 23 heavy (non-hydrogen) atoms. The van der Waals surface area contributed by atoms with Gasteiger partial charge in [0.1, 0.15) is 5.01 Å². The summed E-state index contributed by atoms with van der Waals surface area (Å²) in [6.45, 7) is 10.1. The van der Waals surface area contributed by atoms with Crippen molar-refractivity contribution < 1.29 is 0 Å². The highest BCUT2D eigenvalue weighted by Crippen LogP contribution is 2.29. The quantitative estimate of drug-likeness (QED) is 0.882. The normalized spacial score (nSPS) is 20.5. The molecule has 4 heteroatoms. The maximum atomic E-state index is 4.57. The molecule has 124 valence electrons. The van der Waals surface area contributed by atoms with Crippen molar-refractivity contribution in [3.63, 3.8) is 0 Å². The van der Waals surface area contributed by atoms with Crippen molar-refractivity contribution in [1.82, 2.24) is 15.6 Å². The number of nitrogens with zero attached hydrogens (tertiary/aromatic N) is 1. The number of thiazole rings is 1. The second-order valence-electron chi connectivity index (χ2n) is 7.88. The first-order chi connectivity index (χ1) is 10.8. The summed E-state index contributed by atoms with van der Waals surface area (Å²) in [4.78, 5) is 5.88. The van der Waals surface area contributed by atoms with Crippen LogP contribution in [0.4, 0.5) is 0 Å². The van der Waals surface area contributed by atoms with Crippen LogP contribution in [0, 0.1) is 0 Å². The average Bonchev–Trinajstić information content (AvgIpc) is 2.92. The summed E-state index contributed by atoms with van der Waals surface area (Å²) in [6, 6.07) is 11.0. The van der Waals surface area contributed by atoms with Gasteiger partial charge in [0.2, 0.25) is 0 Å². The Kier molecular flexibility index (Phi) is 4.59. The molecule has 0 saturated carbocycles. The predicted molar refractivity (Wildman–Crippen MR) is 98.7 cm³/mol. The molecule has 1 saturated heterocycles. The first-order valence-electron chi connectivity index (χ1n) is 8.36. The van der Waals surface area contributed by atoms with Crippen molar-refractivity contribution in [3.05, 3.63) is 41.4 Å². The van der Waals surface area contributed by atoms with Crippen LogP contribution in [0.15, 0.2) is 36.5 Å². The Morgan fingerprint density at radius 1 is 1.13 bits per heavy atom. The number of hydrogen-bond acceptors (Lipinski definition) is 4. The first-order valence-corrected chi connectivity index (χ1v) is 9.18. The van der Waals surface area contributed by atoms with Crippen LogP contribution >= 0.6 is 11.3 Å². The zero-order valence-electron chi connectivity index (χ0n) is 14.5. The van der Waals surface area contributed by atoms with E-state index in [1.807, 2.05) is 12.3 Å². The number of benzene rings is 1. The van der Waals surface area contributed by atoms with Gasteiger partial charge in [-0.15, -0.1) is 11.3 Å². The molecule has 1 aliphatic heterocycles. The molecule has 2 aromatic rings. The number of hydrogen-bond donors (Lipinski definition) is 2. The summed E-state index contributed by atoms with van der Waals surface area (Å²) < 4.78 is 0. The fourth-order valence-electron chi connectivity index (χ4n) is 3.81. The minimum absolute atomic E-state index is 0.183. The lowest BCUT2D eigenvalue weighted by atomic mass is 9.79. The lowest BCUT2D eigenvalue weighted by Crippen LogP contribution is -2.61. The SMILES string of the molecule is CC1(C)CC(NCc2cnc(-c3ccccc3)s2)CC(C)(C)N1. The third-order valence-electron chi connectivity index (χ3n) is 4.33. The van der Waals surface area contributed by atoms with E-state index >= 15 is 0 Å². The second kappa shape index (κ2) is 6.34. The molecule has 1 aliphatic rings. The number of nitrogens with one attached hydrogen (secondary N) is 2. The monoisotopic (exact) mass is 329 g/mol. The number of aromatic nitrogens is 1. The maximum Gasteiger partial charge on any atom is 0.123 e. The van der Waals surface area contributed by atoms with Gasteiger partial charge in [-0.25, -0.2) is 4.98 Å². The molecule has 2 heterocycles. The van der Waals surface area contributed by atoms with Gasteiger partial charge in [-0.1, -0.05) is 30.3 Å². The third kappa shape index (κ3) is 4.40. The molecule has 1 aromatic heterocycles. The van der Waals surface area contributed by atoms with Crippen LogP contribution < -0.4 is 10.6 Å². The van der Waals surface area contributed by atoms with Crippen molar-refractivity contribution in [2.75, 3.05) is 0 Å². The molecule has 0 aliphatic carbocycles. The third-order valence-corrected chi connectivity index (χ3v) is 5.38. The van der Waals surface area contributed by atoms with Gasteiger partial charge in [-0.05, 0) is 40.5 Å². The number of piperidine rings is 1. The summed E-state index contributed by atoms with van der Waals surface area (Å²) in [5.74, 6) is 0. The van der Waals surface area contributed by atoms with Crippen LogP contribution in [-0.2, 0) is 6.54 Å². The molecule has 3 nitrogen and oxygen atoms in total. The van der Waals surface area contributed by atoms with Crippen molar-refractivity contribution in [2.45, 2.75) is 64.2 Å². The second-order valence-corrected chi connectivity index (χ2v) is 8.99.